The smallest absolute Gasteiger partial charge is 0.137 e. The van der Waals surface area contributed by atoms with Crippen LogP contribution in [0.25, 0.3) is 5.65 Å². The summed E-state index contributed by atoms with van der Waals surface area (Å²) in [6, 6.07) is 4.35. The van der Waals surface area contributed by atoms with Crippen molar-refractivity contribution >= 4 is 5.65 Å². The van der Waals surface area contributed by atoms with E-state index in [9.17, 15) is 0 Å². The van der Waals surface area contributed by atoms with Crippen LogP contribution in [0.1, 0.15) is 42.4 Å². The molecule has 2 heterocycles. The number of aryl methyl sites for hydroxylation is 3. The van der Waals surface area contributed by atoms with Gasteiger partial charge < -0.3 is 4.40 Å². The van der Waals surface area contributed by atoms with Crippen molar-refractivity contribution in [3.63, 3.8) is 0 Å². The van der Waals surface area contributed by atoms with Gasteiger partial charge in [-0.15, -0.1) is 0 Å². The third-order valence-electron chi connectivity index (χ3n) is 2.82. The van der Waals surface area contributed by atoms with E-state index in [2.05, 4.69) is 56.1 Å². The molecule has 2 heteroatoms. The summed E-state index contributed by atoms with van der Waals surface area (Å²) in [5.74, 6) is 0.515. The van der Waals surface area contributed by atoms with Gasteiger partial charge in [0.15, 0.2) is 0 Å². The Balaban J connectivity index is 2.87. The molecule has 15 heavy (non-hydrogen) atoms. The highest BCUT2D eigenvalue weighted by atomic mass is 15.0. The molecule has 0 atom stereocenters. The molecule has 0 spiro atoms. The molecule has 0 bridgehead atoms. The first-order valence-corrected chi connectivity index (χ1v) is 5.47. The van der Waals surface area contributed by atoms with E-state index in [4.69, 9.17) is 0 Å². The first-order valence-electron chi connectivity index (χ1n) is 5.47. The van der Waals surface area contributed by atoms with E-state index in [-0.39, 0.29) is 0 Å². The van der Waals surface area contributed by atoms with Crippen molar-refractivity contribution in [3.05, 3.63) is 34.8 Å². The SMILES string of the molecule is Cc1cc(C)n2c(C(C)C)c(C)nc2c1. The fourth-order valence-corrected chi connectivity index (χ4v) is 2.35. The minimum atomic E-state index is 0.515. The average Bonchev–Trinajstić information content (AvgIpc) is 2.40. The Labute approximate surface area is 91.0 Å². The molecule has 2 aromatic rings. The molecule has 0 aliphatic carbocycles. The molecule has 0 radical (unpaired) electrons. The van der Waals surface area contributed by atoms with Gasteiger partial charge in [0, 0.05) is 11.4 Å². The quantitative estimate of drug-likeness (QED) is 0.693. The molecule has 0 saturated heterocycles. The largest absolute Gasteiger partial charge is 0.301 e. The molecule has 80 valence electrons. The average molecular weight is 202 g/mol. The Bertz CT molecular complexity index is 507. The fourth-order valence-electron chi connectivity index (χ4n) is 2.35. The summed E-state index contributed by atoms with van der Waals surface area (Å²) in [4.78, 5) is 4.62. The van der Waals surface area contributed by atoms with E-state index < -0.39 is 0 Å². The Morgan fingerprint density at radius 1 is 1.13 bits per heavy atom. The molecule has 2 rings (SSSR count). The molecule has 0 fully saturated rings. The van der Waals surface area contributed by atoms with Crippen molar-refractivity contribution in [3.8, 4) is 0 Å². The topological polar surface area (TPSA) is 17.3 Å². The van der Waals surface area contributed by atoms with Gasteiger partial charge >= 0.3 is 0 Å². The highest BCUT2D eigenvalue weighted by Crippen LogP contribution is 2.23. The van der Waals surface area contributed by atoms with Crippen LogP contribution < -0.4 is 0 Å². The van der Waals surface area contributed by atoms with Gasteiger partial charge in [0.25, 0.3) is 0 Å². The van der Waals surface area contributed by atoms with Crippen LogP contribution >= 0.6 is 0 Å². The lowest BCUT2D eigenvalue weighted by Crippen LogP contribution is -2.00. The summed E-state index contributed by atoms with van der Waals surface area (Å²) in [7, 11) is 0. The van der Waals surface area contributed by atoms with Crippen molar-refractivity contribution < 1.29 is 0 Å². The lowest BCUT2D eigenvalue weighted by molar-refractivity contribution is 0.789. The molecule has 0 saturated carbocycles. The third kappa shape index (κ3) is 1.54. The number of pyridine rings is 1. The molecule has 0 aliphatic heterocycles. The zero-order chi connectivity index (χ0) is 11.2. The molecule has 0 N–H and O–H groups in total. The minimum absolute atomic E-state index is 0.515. The third-order valence-corrected chi connectivity index (χ3v) is 2.82. The molecule has 2 aromatic heterocycles. The lowest BCUT2D eigenvalue weighted by Gasteiger charge is -2.09. The number of nitrogens with zero attached hydrogens (tertiary/aromatic N) is 2. The van der Waals surface area contributed by atoms with E-state index in [1.807, 2.05) is 0 Å². The Morgan fingerprint density at radius 2 is 1.80 bits per heavy atom. The van der Waals surface area contributed by atoms with Gasteiger partial charge in [0.1, 0.15) is 5.65 Å². The van der Waals surface area contributed by atoms with E-state index in [1.54, 1.807) is 0 Å². The van der Waals surface area contributed by atoms with Crippen molar-refractivity contribution in [2.45, 2.75) is 40.5 Å². The van der Waals surface area contributed by atoms with Crippen LogP contribution in [0.3, 0.4) is 0 Å². The Morgan fingerprint density at radius 3 is 2.40 bits per heavy atom. The van der Waals surface area contributed by atoms with E-state index in [1.165, 1.54) is 17.0 Å². The van der Waals surface area contributed by atoms with Crippen molar-refractivity contribution in [1.82, 2.24) is 9.38 Å². The maximum atomic E-state index is 4.62. The van der Waals surface area contributed by atoms with Gasteiger partial charge in [-0.25, -0.2) is 4.98 Å². The van der Waals surface area contributed by atoms with Crippen LogP contribution in [-0.2, 0) is 0 Å². The highest BCUT2D eigenvalue weighted by Gasteiger charge is 2.13. The second-order valence-corrected chi connectivity index (χ2v) is 4.60. The van der Waals surface area contributed by atoms with Crippen LogP contribution in [0, 0.1) is 20.8 Å². The molecule has 0 aliphatic rings. The predicted molar refractivity (Wildman–Crippen MR) is 63.5 cm³/mol. The maximum Gasteiger partial charge on any atom is 0.137 e. The second-order valence-electron chi connectivity index (χ2n) is 4.60. The number of aromatic nitrogens is 2. The monoisotopic (exact) mass is 202 g/mol. The van der Waals surface area contributed by atoms with Crippen LogP contribution in [-0.4, -0.2) is 9.38 Å². The first-order chi connectivity index (χ1) is 7.00. The second kappa shape index (κ2) is 3.37. The Hall–Kier alpha value is -1.31. The van der Waals surface area contributed by atoms with Gasteiger partial charge in [0.2, 0.25) is 0 Å². The number of hydrogen-bond acceptors (Lipinski definition) is 1. The maximum absolute atomic E-state index is 4.62. The normalized spacial score (nSPS) is 11.6. The molecular weight excluding hydrogens is 184 g/mol. The minimum Gasteiger partial charge on any atom is -0.301 e. The van der Waals surface area contributed by atoms with Crippen LogP contribution in [0.2, 0.25) is 0 Å². The van der Waals surface area contributed by atoms with E-state index in [0.717, 1.165) is 11.3 Å². The summed E-state index contributed by atoms with van der Waals surface area (Å²) >= 11 is 0. The molecule has 0 amide bonds. The summed E-state index contributed by atoms with van der Waals surface area (Å²) in [6.07, 6.45) is 0. The van der Waals surface area contributed by atoms with E-state index >= 15 is 0 Å². The van der Waals surface area contributed by atoms with Gasteiger partial charge in [-0.05, 0) is 44.4 Å². The summed E-state index contributed by atoms with van der Waals surface area (Å²) < 4.78 is 2.27. The summed E-state index contributed by atoms with van der Waals surface area (Å²) in [5.41, 5.74) is 6.12. The standard InChI is InChI=1S/C13H18N2/c1-8(2)13-11(5)14-12-7-9(3)6-10(4)15(12)13/h6-8H,1-5H3. The zero-order valence-electron chi connectivity index (χ0n) is 10.1. The molecule has 2 nitrogen and oxygen atoms in total. The molecule has 0 aromatic carbocycles. The van der Waals surface area contributed by atoms with Gasteiger partial charge in [-0.2, -0.15) is 0 Å². The summed E-state index contributed by atoms with van der Waals surface area (Å²) in [5, 5.41) is 0. The number of hydrogen-bond donors (Lipinski definition) is 0. The zero-order valence-corrected chi connectivity index (χ0v) is 10.1. The van der Waals surface area contributed by atoms with Crippen LogP contribution in [0.15, 0.2) is 12.1 Å². The van der Waals surface area contributed by atoms with Crippen molar-refractivity contribution in [2.24, 2.45) is 0 Å². The Kier molecular flexibility index (Phi) is 2.29. The highest BCUT2D eigenvalue weighted by molar-refractivity contribution is 5.48. The molecular formula is C13H18N2. The lowest BCUT2D eigenvalue weighted by atomic mass is 10.1. The number of rotatable bonds is 1. The van der Waals surface area contributed by atoms with Crippen LogP contribution in [0.4, 0.5) is 0 Å². The van der Waals surface area contributed by atoms with Gasteiger partial charge in [0.05, 0.1) is 5.69 Å². The number of imidazole rings is 1. The van der Waals surface area contributed by atoms with Gasteiger partial charge in [-0.3, -0.25) is 0 Å². The van der Waals surface area contributed by atoms with Crippen LogP contribution in [0.5, 0.6) is 0 Å². The first kappa shape index (κ1) is 10.2. The fraction of sp³-hybridized carbons (Fsp3) is 0.462. The summed E-state index contributed by atoms with van der Waals surface area (Å²) in [6.45, 7) is 10.8. The predicted octanol–water partition coefficient (Wildman–Crippen LogP) is 3.38. The van der Waals surface area contributed by atoms with Gasteiger partial charge in [-0.1, -0.05) is 13.8 Å². The van der Waals surface area contributed by atoms with E-state index in [0.29, 0.717) is 5.92 Å². The van der Waals surface area contributed by atoms with Crippen molar-refractivity contribution in [2.75, 3.05) is 0 Å². The van der Waals surface area contributed by atoms with Crippen molar-refractivity contribution in [1.29, 1.82) is 0 Å². The molecule has 0 unspecified atom stereocenters. The number of fused-ring (bicyclic) bond motifs is 1.